The lowest BCUT2D eigenvalue weighted by Crippen LogP contribution is -2.50. The fourth-order valence-electron chi connectivity index (χ4n) is 1.36. The Morgan fingerprint density at radius 1 is 1.29 bits per heavy atom. The second-order valence-corrected chi connectivity index (χ2v) is 4.42. The third-order valence-electron chi connectivity index (χ3n) is 2.23. The van der Waals surface area contributed by atoms with Crippen LogP contribution >= 0.6 is 0 Å². The van der Waals surface area contributed by atoms with Gasteiger partial charge in [0.05, 0.1) is 19.3 Å². The van der Waals surface area contributed by atoms with Crippen LogP contribution in [0.25, 0.3) is 0 Å². The molecule has 14 heavy (non-hydrogen) atoms. The zero-order valence-electron chi connectivity index (χ0n) is 9.88. The lowest BCUT2D eigenvalue weighted by atomic mass is 9.84. The molecule has 0 heterocycles. The van der Waals surface area contributed by atoms with E-state index in [1.165, 1.54) is 7.11 Å². The van der Waals surface area contributed by atoms with E-state index in [1.54, 1.807) is 7.11 Å². The van der Waals surface area contributed by atoms with E-state index in [4.69, 9.17) is 4.74 Å². The Bertz CT molecular complexity index is 186. The molecule has 0 aliphatic rings. The predicted octanol–water partition coefficient (Wildman–Crippen LogP) is 1.79. The van der Waals surface area contributed by atoms with Crippen LogP contribution in [0.2, 0.25) is 0 Å². The molecule has 0 aromatic carbocycles. The first-order chi connectivity index (χ1) is 6.32. The van der Waals surface area contributed by atoms with Gasteiger partial charge in [0.15, 0.2) is 0 Å². The summed E-state index contributed by atoms with van der Waals surface area (Å²) >= 11 is 0. The van der Waals surface area contributed by atoms with E-state index >= 15 is 0 Å². The highest BCUT2D eigenvalue weighted by molar-refractivity contribution is 5.67. The number of carbonyl (C=O) groups is 1. The number of hydrogen-bond acceptors (Lipinski definition) is 3. The molecule has 2 atom stereocenters. The second kappa shape index (κ2) is 5.20. The van der Waals surface area contributed by atoms with Gasteiger partial charge in [0, 0.05) is 7.11 Å². The Balaban J connectivity index is 4.49. The number of ether oxygens (including phenoxy) is 2. The van der Waals surface area contributed by atoms with Crippen molar-refractivity contribution < 1.29 is 14.3 Å². The first-order valence-corrected chi connectivity index (χ1v) is 4.70. The topological polar surface area (TPSA) is 47.6 Å². The van der Waals surface area contributed by atoms with Crippen LogP contribution in [0.5, 0.6) is 0 Å². The van der Waals surface area contributed by atoms with Crippen molar-refractivity contribution in [2.45, 2.75) is 39.8 Å². The molecule has 0 aromatic rings. The third-order valence-corrected chi connectivity index (χ3v) is 2.23. The average molecular weight is 203 g/mol. The fraction of sp³-hybridized carbons (Fsp3) is 0.900. The Morgan fingerprint density at radius 3 is 2.07 bits per heavy atom. The summed E-state index contributed by atoms with van der Waals surface area (Å²) in [7, 11) is 2.98. The summed E-state index contributed by atoms with van der Waals surface area (Å²) in [6.07, 6.45) is -0.470. The smallest absolute Gasteiger partial charge is 0.407 e. The monoisotopic (exact) mass is 203 g/mol. The van der Waals surface area contributed by atoms with Gasteiger partial charge in [-0.15, -0.1) is 0 Å². The van der Waals surface area contributed by atoms with Gasteiger partial charge in [-0.05, 0) is 12.3 Å². The summed E-state index contributed by atoms with van der Waals surface area (Å²) in [5, 5.41) is 2.77. The van der Waals surface area contributed by atoms with Gasteiger partial charge in [0.2, 0.25) is 0 Å². The molecule has 0 bridgehead atoms. The number of rotatable bonds is 3. The molecular formula is C10H21NO3. The lowest BCUT2D eigenvalue weighted by molar-refractivity contribution is 0.0401. The van der Waals surface area contributed by atoms with E-state index in [-0.39, 0.29) is 17.6 Å². The van der Waals surface area contributed by atoms with E-state index in [9.17, 15) is 4.79 Å². The molecule has 4 heteroatoms. The number of methoxy groups -OCH3 is 2. The molecule has 1 N–H and O–H groups in total. The SMILES string of the molecule is COC(=O)N[C@@H]([C@H](C)OC)C(C)(C)C. The molecule has 84 valence electrons. The van der Waals surface area contributed by atoms with E-state index in [2.05, 4.69) is 10.1 Å². The standard InChI is InChI=1S/C10H21NO3/c1-7(13-5)8(10(2,3)4)11-9(12)14-6/h7-8H,1-6H3,(H,11,12)/t7-,8-/m0/s1. The highest BCUT2D eigenvalue weighted by atomic mass is 16.5. The molecule has 0 saturated carbocycles. The summed E-state index contributed by atoms with van der Waals surface area (Å²) in [6.45, 7) is 8.06. The lowest BCUT2D eigenvalue weighted by Gasteiger charge is -2.34. The van der Waals surface area contributed by atoms with Crippen LogP contribution in [-0.2, 0) is 9.47 Å². The van der Waals surface area contributed by atoms with Gasteiger partial charge in [-0.1, -0.05) is 20.8 Å². The molecule has 0 spiro atoms. The van der Waals surface area contributed by atoms with E-state index in [0.717, 1.165) is 0 Å². The van der Waals surface area contributed by atoms with Gasteiger partial charge in [0.25, 0.3) is 0 Å². The maximum atomic E-state index is 11.1. The van der Waals surface area contributed by atoms with Gasteiger partial charge in [-0.3, -0.25) is 0 Å². The van der Waals surface area contributed by atoms with Crippen LogP contribution in [0, 0.1) is 5.41 Å². The van der Waals surface area contributed by atoms with E-state index in [1.807, 2.05) is 27.7 Å². The summed E-state index contributed by atoms with van der Waals surface area (Å²) in [5.41, 5.74) is -0.0659. The summed E-state index contributed by atoms with van der Waals surface area (Å²) in [4.78, 5) is 11.1. The summed E-state index contributed by atoms with van der Waals surface area (Å²) in [5.74, 6) is 0. The first kappa shape index (κ1) is 13.2. The van der Waals surface area contributed by atoms with Crippen LogP contribution in [0.1, 0.15) is 27.7 Å². The Hall–Kier alpha value is -0.770. The quantitative estimate of drug-likeness (QED) is 0.760. The minimum absolute atomic E-state index is 0.0471. The van der Waals surface area contributed by atoms with Crippen LogP contribution in [-0.4, -0.2) is 32.5 Å². The summed E-state index contributed by atoms with van der Waals surface area (Å²) < 4.78 is 9.78. The number of alkyl carbamates (subject to hydrolysis) is 1. The number of carbonyl (C=O) groups excluding carboxylic acids is 1. The van der Waals surface area contributed by atoms with Gasteiger partial charge in [-0.25, -0.2) is 4.79 Å². The van der Waals surface area contributed by atoms with Crippen molar-refractivity contribution in [3.63, 3.8) is 0 Å². The van der Waals surface area contributed by atoms with Crippen LogP contribution < -0.4 is 5.32 Å². The van der Waals surface area contributed by atoms with Crippen molar-refractivity contribution in [1.29, 1.82) is 0 Å². The van der Waals surface area contributed by atoms with Crippen LogP contribution in [0.15, 0.2) is 0 Å². The van der Waals surface area contributed by atoms with Crippen molar-refractivity contribution in [3.8, 4) is 0 Å². The van der Waals surface area contributed by atoms with Crippen molar-refractivity contribution in [1.82, 2.24) is 5.32 Å². The van der Waals surface area contributed by atoms with Gasteiger partial charge >= 0.3 is 6.09 Å². The molecule has 1 amide bonds. The molecule has 0 unspecified atom stereocenters. The molecule has 0 saturated heterocycles. The van der Waals surface area contributed by atoms with Crippen LogP contribution in [0.3, 0.4) is 0 Å². The average Bonchev–Trinajstić information content (AvgIpc) is 2.10. The maximum Gasteiger partial charge on any atom is 0.407 e. The molecule has 0 rings (SSSR count). The third kappa shape index (κ3) is 3.96. The van der Waals surface area contributed by atoms with Crippen molar-refractivity contribution >= 4 is 6.09 Å². The largest absolute Gasteiger partial charge is 0.453 e. The zero-order valence-corrected chi connectivity index (χ0v) is 9.88. The highest BCUT2D eigenvalue weighted by Gasteiger charge is 2.31. The highest BCUT2D eigenvalue weighted by Crippen LogP contribution is 2.23. The molecule has 4 nitrogen and oxygen atoms in total. The van der Waals surface area contributed by atoms with Crippen molar-refractivity contribution in [2.75, 3.05) is 14.2 Å². The Morgan fingerprint density at radius 2 is 1.79 bits per heavy atom. The molecule has 0 aromatic heterocycles. The van der Waals surface area contributed by atoms with Gasteiger partial charge in [-0.2, -0.15) is 0 Å². The number of nitrogens with one attached hydrogen (secondary N) is 1. The normalized spacial score (nSPS) is 15.9. The predicted molar refractivity (Wildman–Crippen MR) is 55.3 cm³/mol. The van der Waals surface area contributed by atoms with E-state index in [0.29, 0.717) is 0 Å². The minimum atomic E-state index is -0.422. The molecule has 0 radical (unpaired) electrons. The first-order valence-electron chi connectivity index (χ1n) is 4.70. The number of hydrogen-bond donors (Lipinski definition) is 1. The van der Waals surface area contributed by atoms with Gasteiger partial charge in [0.1, 0.15) is 0 Å². The molecular weight excluding hydrogens is 182 g/mol. The summed E-state index contributed by atoms with van der Waals surface area (Å²) in [6, 6.07) is -0.0695. The zero-order chi connectivity index (χ0) is 11.4. The van der Waals surface area contributed by atoms with E-state index < -0.39 is 6.09 Å². The molecule has 0 aliphatic heterocycles. The van der Waals surface area contributed by atoms with Crippen LogP contribution in [0.4, 0.5) is 4.79 Å². The molecule has 0 aliphatic carbocycles. The Labute approximate surface area is 86.0 Å². The molecule has 0 fully saturated rings. The maximum absolute atomic E-state index is 11.1. The van der Waals surface area contributed by atoms with Crippen molar-refractivity contribution in [3.05, 3.63) is 0 Å². The Kier molecular flexibility index (Phi) is 4.91. The number of amides is 1. The minimum Gasteiger partial charge on any atom is -0.453 e. The fourth-order valence-corrected chi connectivity index (χ4v) is 1.36. The second-order valence-electron chi connectivity index (χ2n) is 4.42. The van der Waals surface area contributed by atoms with Gasteiger partial charge < -0.3 is 14.8 Å². The van der Waals surface area contributed by atoms with Crippen molar-refractivity contribution in [2.24, 2.45) is 5.41 Å².